The summed E-state index contributed by atoms with van der Waals surface area (Å²) in [6.07, 6.45) is 11.2. The number of nitrogens with zero attached hydrogens (tertiary/aromatic N) is 3. The van der Waals surface area contributed by atoms with E-state index in [4.69, 9.17) is 23.2 Å². The van der Waals surface area contributed by atoms with Gasteiger partial charge in [0.05, 0.1) is 5.69 Å². The van der Waals surface area contributed by atoms with Gasteiger partial charge >= 0.3 is 5.37 Å². The Balaban J connectivity index is 2.46. The molecule has 0 N–H and O–H groups in total. The van der Waals surface area contributed by atoms with E-state index in [1.807, 2.05) is 18.7 Å². The van der Waals surface area contributed by atoms with Crippen molar-refractivity contribution in [1.82, 2.24) is 9.97 Å². The zero-order valence-corrected chi connectivity index (χ0v) is 16.2. The van der Waals surface area contributed by atoms with Gasteiger partial charge in [0.25, 0.3) is 0 Å². The fraction of sp³-hybridized carbons (Fsp3) is 0.688. The third-order valence-electron chi connectivity index (χ3n) is 3.63. The molecule has 0 saturated heterocycles. The van der Waals surface area contributed by atoms with Gasteiger partial charge < -0.3 is 0 Å². The highest BCUT2D eigenvalue weighted by atomic mass is 35.5. The summed E-state index contributed by atoms with van der Waals surface area (Å²) in [6.45, 7) is 2.49. The van der Waals surface area contributed by atoms with Gasteiger partial charge in [-0.1, -0.05) is 44.2 Å². The van der Waals surface area contributed by atoms with E-state index < -0.39 is 5.37 Å². The molecule has 0 radical (unpaired) electrons. The van der Waals surface area contributed by atoms with Crippen LogP contribution in [0, 0.1) is 0 Å². The normalized spacial score (nSPS) is 10.8. The van der Waals surface area contributed by atoms with Crippen LogP contribution in [0.5, 0.6) is 0 Å². The predicted molar refractivity (Wildman–Crippen MR) is 101 cm³/mol. The minimum absolute atomic E-state index is 0.415. The molecule has 4 nitrogen and oxygen atoms in total. The largest absolute Gasteiger partial charge is 0.322 e. The average molecular weight is 378 g/mol. The maximum absolute atomic E-state index is 11.7. The topological polar surface area (TPSA) is 46.1 Å². The number of aromatic nitrogens is 2. The maximum atomic E-state index is 11.7. The van der Waals surface area contributed by atoms with Gasteiger partial charge in [0.2, 0.25) is 0 Å². The first-order chi connectivity index (χ1) is 11.1. The van der Waals surface area contributed by atoms with Crippen molar-refractivity contribution in [2.75, 3.05) is 23.5 Å². The summed E-state index contributed by atoms with van der Waals surface area (Å²) in [6, 6.07) is 0. The molecule has 0 aliphatic heterocycles. The smallest absolute Gasteiger partial charge is 0.282 e. The number of thioether (sulfide) groups is 1. The third kappa shape index (κ3) is 7.27. The van der Waals surface area contributed by atoms with E-state index in [0.29, 0.717) is 23.8 Å². The van der Waals surface area contributed by atoms with Gasteiger partial charge in [-0.2, -0.15) is 11.8 Å². The summed E-state index contributed by atoms with van der Waals surface area (Å²) in [5.41, 5.74) is 0.730. The van der Waals surface area contributed by atoms with Crippen LogP contribution in [0.2, 0.25) is 5.02 Å². The molecule has 0 saturated carbocycles. The van der Waals surface area contributed by atoms with E-state index in [0.717, 1.165) is 18.5 Å². The van der Waals surface area contributed by atoms with Crippen LogP contribution in [0.3, 0.4) is 0 Å². The maximum Gasteiger partial charge on any atom is 0.322 e. The number of carbonyl (C=O) groups is 1. The number of hydrogen-bond donors (Lipinski definition) is 0. The van der Waals surface area contributed by atoms with Gasteiger partial charge in [0.1, 0.15) is 11.3 Å². The second kappa shape index (κ2) is 11.9. The van der Waals surface area contributed by atoms with Gasteiger partial charge in [0.15, 0.2) is 5.82 Å². The Morgan fingerprint density at radius 3 is 2.43 bits per heavy atom. The Kier molecular flexibility index (Phi) is 10.6. The minimum Gasteiger partial charge on any atom is -0.282 e. The number of halogens is 2. The zero-order chi connectivity index (χ0) is 17.1. The van der Waals surface area contributed by atoms with Crippen molar-refractivity contribution >= 4 is 46.1 Å². The molecule has 0 aliphatic carbocycles. The van der Waals surface area contributed by atoms with Gasteiger partial charge in [-0.05, 0) is 42.9 Å². The molecule has 130 valence electrons. The Hall–Kier alpha value is -0.520. The van der Waals surface area contributed by atoms with Crippen molar-refractivity contribution in [2.24, 2.45) is 0 Å². The first kappa shape index (κ1) is 20.5. The number of aryl methyl sites for hydroxylation is 1. The second-order valence-corrected chi connectivity index (χ2v) is 7.02. The van der Waals surface area contributed by atoms with Crippen molar-refractivity contribution in [1.29, 1.82) is 0 Å². The summed E-state index contributed by atoms with van der Waals surface area (Å²) < 4.78 is 0. The first-order valence-corrected chi connectivity index (χ1v) is 10.2. The monoisotopic (exact) mass is 377 g/mol. The van der Waals surface area contributed by atoms with Crippen molar-refractivity contribution in [3.05, 3.63) is 17.0 Å². The molecule has 23 heavy (non-hydrogen) atoms. The summed E-state index contributed by atoms with van der Waals surface area (Å²) in [7, 11) is 0. The highest BCUT2D eigenvalue weighted by molar-refractivity contribution is 7.98. The quantitative estimate of drug-likeness (QED) is 0.287. The Morgan fingerprint density at radius 2 is 1.83 bits per heavy atom. The van der Waals surface area contributed by atoms with E-state index in [1.165, 1.54) is 42.7 Å². The molecule has 1 heterocycles. The Morgan fingerprint density at radius 1 is 1.17 bits per heavy atom. The molecule has 0 atom stereocenters. The van der Waals surface area contributed by atoms with Crippen LogP contribution >= 0.6 is 35.0 Å². The van der Waals surface area contributed by atoms with Gasteiger partial charge in [-0.25, -0.2) is 9.97 Å². The minimum atomic E-state index is -0.548. The summed E-state index contributed by atoms with van der Waals surface area (Å²) in [5, 5.41) is -0.131. The molecule has 0 unspecified atom stereocenters. The number of rotatable bonds is 11. The van der Waals surface area contributed by atoms with Crippen LogP contribution in [-0.4, -0.2) is 33.9 Å². The molecule has 1 rings (SSSR count). The number of anilines is 1. The molecule has 0 fully saturated rings. The van der Waals surface area contributed by atoms with E-state index in [-0.39, 0.29) is 0 Å². The van der Waals surface area contributed by atoms with Gasteiger partial charge in [0, 0.05) is 6.54 Å². The molecule has 7 heteroatoms. The first-order valence-electron chi connectivity index (χ1n) is 8.07. The molecular weight excluding hydrogens is 353 g/mol. The Bertz CT molecular complexity index is 488. The van der Waals surface area contributed by atoms with E-state index in [2.05, 4.69) is 16.2 Å². The predicted octanol–water partition coefficient (Wildman–Crippen LogP) is 5.56. The van der Waals surface area contributed by atoms with E-state index >= 15 is 0 Å². The third-order valence-corrected chi connectivity index (χ3v) is 4.91. The van der Waals surface area contributed by atoms with Crippen LogP contribution in [0.25, 0.3) is 0 Å². The fourth-order valence-corrected chi connectivity index (χ4v) is 3.32. The lowest BCUT2D eigenvalue weighted by Gasteiger charge is -2.20. The number of hydrogen-bond acceptors (Lipinski definition) is 4. The van der Waals surface area contributed by atoms with Crippen LogP contribution in [-0.2, 0) is 6.42 Å². The van der Waals surface area contributed by atoms with Gasteiger partial charge in [-0.15, -0.1) is 0 Å². The lowest BCUT2D eigenvalue weighted by Crippen LogP contribution is -2.28. The van der Waals surface area contributed by atoms with Crippen LogP contribution < -0.4 is 4.90 Å². The molecule has 0 spiro atoms. The molecular formula is C16H25Cl2N3OS. The Labute approximate surface area is 153 Å². The lowest BCUT2D eigenvalue weighted by atomic mass is 10.1. The summed E-state index contributed by atoms with van der Waals surface area (Å²) in [5.74, 6) is 1.65. The number of amides is 1. The lowest BCUT2D eigenvalue weighted by molar-refractivity contribution is 0.264. The molecule has 0 aliphatic rings. The highest BCUT2D eigenvalue weighted by Gasteiger charge is 2.19. The van der Waals surface area contributed by atoms with E-state index in [1.54, 1.807) is 0 Å². The highest BCUT2D eigenvalue weighted by Crippen LogP contribution is 2.27. The molecule has 1 aromatic heterocycles. The molecule has 0 bridgehead atoms. The standard InChI is InChI=1S/C16H25Cl2N3OS/c1-3-13-14(17)15(20-12-19-13)21(16(18)22)10-8-6-4-5-7-9-11-23-2/h12H,3-11H2,1-2H3. The van der Waals surface area contributed by atoms with Crippen molar-refractivity contribution in [2.45, 2.75) is 51.9 Å². The average Bonchev–Trinajstić information content (AvgIpc) is 2.54. The zero-order valence-electron chi connectivity index (χ0n) is 13.9. The van der Waals surface area contributed by atoms with Crippen molar-refractivity contribution in [3.8, 4) is 0 Å². The fourth-order valence-electron chi connectivity index (χ4n) is 2.33. The van der Waals surface area contributed by atoms with Crippen molar-refractivity contribution in [3.63, 3.8) is 0 Å². The van der Waals surface area contributed by atoms with Crippen molar-refractivity contribution < 1.29 is 4.79 Å². The van der Waals surface area contributed by atoms with Crippen LogP contribution in [0.1, 0.15) is 51.1 Å². The van der Waals surface area contributed by atoms with Crippen LogP contribution in [0.4, 0.5) is 10.6 Å². The molecule has 1 amide bonds. The molecule has 1 aromatic rings. The molecule has 0 aromatic carbocycles. The van der Waals surface area contributed by atoms with E-state index in [9.17, 15) is 4.79 Å². The number of unbranched alkanes of at least 4 members (excludes halogenated alkanes) is 5. The summed E-state index contributed by atoms with van der Waals surface area (Å²) in [4.78, 5) is 21.4. The SMILES string of the molecule is CCc1ncnc(N(CCCCCCCCSC)C(=O)Cl)c1Cl. The second-order valence-electron chi connectivity index (χ2n) is 5.33. The summed E-state index contributed by atoms with van der Waals surface area (Å²) >= 11 is 13.9. The number of carbonyl (C=O) groups excluding carboxylic acids is 1. The van der Waals surface area contributed by atoms with Crippen LogP contribution in [0.15, 0.2) is 6.33 Å². The van der Waals surface area contributed by atoms with Gasteiger partial charge in [-0.3, -0.25) is 9.69 Å².